The SMILES string of the molecule is CC=C/C=C\[C@H](C)[C@H](OCc1ccc(OC)cc1)[C@@H](C)[C@H](O[Si](C)(C)C(C)(C)C)[C@@H](C)C#N. The Balaban J connectivity index is 3.22. The predicted octanol–water partition coefficient (Wildman–Crippen LogP) is 7.53. The molecule has 0 saturated carbocycles. The highest BCUT2D eigenvalue weighted by Gasteiger charge is 2.43. The minimum Gasteiger partial charge on any atom is -0.497 e. The summed E-state index contributed by atoms with van der Waals surface area (Å²) in [6, 6.07) is 10.4. The zero-order valence-corrected chi connectivity index (χ0v) is 23.4. The van der Waals surface area contributed by atoms with Gasteiger partial charge in [-0.05, 0) is 49.7 Å². The van der Waals surface area contributed by atoms with Gasteiger partial charge in [-0.2, -0.15) is 5.26 Å². The Bertz CT molecular complexity index is 802. The molecule has 0 aromatic heterocycles. The van der Waals surface area contributed by atoms with Crippen molar-refractivity contribution in [3.05, 3.63) is 54.1 Å². The Labute approximate surface area is 203 Å². The van der Waals surface area contributed by atoms with Crippen molar-refractivity contribution in [1.82, 2.24) is 0 Å². The summed E-state index contributed by atoms with van der Waals surface area (Å²) in [4.78, 5) is 0. The molecule has 5 atom stereocenters. The van der Waals surface area contributed by atoms with Gasteiger partial charge in [-0.1, -0.05) is 71.1 Å². The maximum Gasteiger partial charge on any atom is 0.192 e. The van der Waals surface area contributed by atoms with E-state index in [-0.39, 0.29) is 35.0 Å². The monoisotopic (exact) mass is 471 g/mol. The summed E-state index contributed by atoms with van der Waals surface area (Å²) in [5, 5.41) is 9.88. The molecule has 0 unspecified atom stereocenters. The lowest BCUT2D eigenvalue weighted by atomic mass is 9.84. The van der Waals surface area contributed by atoms with E-state index in [1.54, 1.807) is 7.11 Å². The summed E-state index contributed by atoms with van der Waals surface area (Å²) >= 11 is 0. The molecule has 0 radical (unpaired) electrons. The average molecular weight is 472 g/mol. The van der Waals surface area contributed by atoms with Crippen molar-refractivity contribution in [3.8, 4) is 11.8 Å². The van der Waals surface area contributed by atoms with Crippen LogP contribution in [-0.4, -0.2) is 27.6 Å². The number of benzene rings is 1. The second kappa shape index (κ2) is 13.1. The molecule has 4 nitrogen and oxygen atoms in total. The lowest BCUT2D eigenvalue weighted by Crippen LogP contribution is -2.50. The van der Waals surface area contributed by atoms with Crippen LogP contribution in [0.25, 0.3) is 0 Å². The van der Waals surface area contributed by atoms with E-state index in [1.165, 1.54) is 0 Å². The Hall–Kier alpha value is -1.87. The molecule has 184 valence electrons. The van der Waals surface area contributed by atoms with Crippen molar-refractivity contribution in [2.45, 2.75) is 85.4 Å². The van der Waals surface area contributed by atoms with Crippen molar-refractivity contribution in [1.29, 1.82) is 5.26 Å². The van der Waals surface area contributed by atoms with Gasteiger partial charge in [0, 0.05) is 11.8 Å². The van der Waals surface area contributed by atoms with Crippen LogP contribution in [0, 0.1) is 29.1 Å². The second-order valence-corrected chi connectivity index (χ2v) is 15.3. The largest absolute Gasteiger partial charge is 0.497 e. The molecule has 0 fully saturated rings. The number of ether oxygens (including phenoxy) is 2. The maximum atomic E-state index is 9.81. The van der Waals surface area contributed by atoms with E-state index >= 15 is 0 Å². The standard InChI is InChI=1S/C28H45NO3Si/c1-11-12-13-14-21(2)26(31-20-24-15-17-25(30-8)18-16-24)23(4)27(22(3)19-29)32-33(9,10)28(5,6)7/h11-18,21-23,26-27H,20H2,1-10H3/b12-11?,14-13-/t21-,22-,23+,26-,27+/m0/s1. The van der Waals surface area contributed by atoms with Crippen LogP contribution in [0.4, 0.5) is 0 Å². The first-order valence-corrected chi connectivity index (χ1v) is 14.9. The summed E-state index contributed by atoms with van der Waals surface area (Å²) < 4.78 is 18.6. The lowest BCUT2D eigenvalue weighted by Gasteiger charge is -2.43. The van der Waals surface area contributed by atoms with Gasteiger partial charge in [-0.3, -0.25) is 0 Å². The lowest BCUT2D eigenvalue weighted by molar-refractivity contribution is -0.0593. The minimum absolute atomic E-state index is 0.0391. The number of methoxy groups -OCH3 is 1. The molecule has 1 aromatic rings. The maximum absolute atomic E-state index is 9.81. The van der Waals surface area contributed by atoms with Gasteiger partial charge in [0.25, 0.3) is 0 Å². The molecule has 33 heavy (non-hydrogen) atoms. The molecule has 1 aromatic carbocycles. The highest BCUT2D eigenvalue weighted by molar-refractivity contribution is 6.74. The molecule has 0 N–H and O–H groups in total. The van der Waals surface area contributed by atoms with Crippen molar-refractivity contribution >= 4 is 8.32 Å². The van der Waals surface area contributed by atoms with E-state index < -0.39 is 8.32 Å². The average Bonchev–Trinajstić information content (AvgIpc) is 2.76. The van der Waals surface area contributed by atoms with Crippen molar-refractivity contribution in [2.75, 3.05) is 7.11 Å². The first kappa shape index (κ1) is 29.2. The molecule has 0 heterocycles. The summed E-state index contributed by atoms with van der Waals surface area (Å²) in [6.45, 7) is 20.0. The van der Waals surface area contributed by atoms with Crippen LogP contribution in [0.3, 0.4) is 0 Å². The zero-order valence-electron chi connectivity index (χ0n) is 22.4. The predicted molar refractivity (Wildman–Crippen MR) is 141 cm³/mol. The highest BCUT2D eigenvalue weighted by atomic mass is 28.4. The smallest absolute Gasteiger partial charge is 0.192 e. The Morgan fingerprint density at radius 2 is 1.64 bits per heavy atom. The normalized spacial score (nSPS) is 17.5. The van der Waals surface area contributed by atoms with E-state index in [0.29, 0.717) is 6.61 Å². The molecule has 0 bridgehead atoms. The first-order chi connectivity index (χ1) is 15.4. The van der Waals surface area contributed by atoms with Crippen molar-refractivity contribution in [3.63, 3.8) is 0 Å². The third-order valence-electron chi connectivity index (χ3n) is 6.81. The first-order valence-electron chi connectivity index (χ1n) is 12.0. The molecular weight excluding hydrogens is 426 g/mol. The van der Waals surface area contributed by atoms with Gasteiger partial charge in [0.1, 0.15) is 5.75 Å². The number of hydrogen-bond donors (Lipinski definition) is 0. The Morgan fingerprint density at radius 3 is 2.12 bits per heavy atom. The van der Waals surface area contributed by atoms with E-state index in [1.807, 2.05) is 50.3 Å². The summed E-state index contributed by atoms with van der Waals surface area (Å²) in [6.07, 6.45) is 7.99. The Kier molecular flexibility index (Phi) is 11.6. The fourth-order valence-electron chi connectivity index (χ4n) is 3.60. The number of nitrogens with zero attached hydrogens (tertiary/aromatic N) is 1. The summed E-state index contributed by atoms with van der Waals surface area (Å²) in [5.41, 5.74) is 1.09. The molecule has 1 rings (SSSR count). The second-order valence-electron chi connectivity index (χ2n) is 10.5. The van der Waals surface area contributed by atoms with Gasteiger partial charge in [0.2, 0.25) is 0 Å². The number of rotatable bonds is 12. The molecule has 0 aliphatic carbocycles. The van der Waals surface area contributed by atoms with Crippen LogP contribution < -0.4 is 4.74 Å². The van der Waals surface area contributed by atoms with Crippen LogP contribution in [0.2, 0.25) is 18.1 Å². The molecule has 0 amide bonds. The van der Waals surface area contributed by atoms with Gasteiger partial charge in [0.05, 0.1) is 37.9 Å². The van der Waals surface area contributed by atoms with Gasteiger partial charge in [-0.25, -0.2) is 0 Å². The van der Waals surface area contributed by atoms with E-state index in [4.69, 9.17) is 13.9 Å². The van der Waals surface area contributed by atoms with Gasteiger partial charge < -0.3 is 13.9 Å². The zero-order chi connectivity index (χ0) is 25.2. The van der Waals surface area contributed by atoms with Crippen molar-refractivity contribution in [2.24, 2.45) is 17.8 Å². The van der Waals surface area contributed by atoms with Gasteiger partial charge in [-0.15, -0.1) is 0 Å². The van der Waals surface area contributed by atoms with Crippen LogP contribution in [0.15, 0.2) is 48.6 Å². The van der Waals surface area contributed by atoms with Crippen LogP contribution in [0.1, 0.15) is 54.0 Å². The fourth-order valence-corrected chi connectivity index (χ4v) is 5.05. The van der Waals surface area contributed by atoms with Gasteiger partial charge >= 0.3 is 0 Å². The third kappa shape index (κ3) is 8.77. The molecule has 0 aliphatic rings. The van der Waals surface area contributed by atoms with Crippen molar-refractivity contribution < 1.29 is 13.9 Å². The quantitative estimate of drug-likeness (QED) is 0.233. The van der Waals surface area contributed by atoms with Crippen LogP contribution >= 0.6 is 0 Å². The van der Waals surface area contributed by atoms with Gasteiger partial charge in [0.15, 0.2) is 8.32 Å². The van der Waals surface area contributed by atoms with Crippen LogP contribution in [-0.2, 0) is 15.8 Å². The molecule has 0 saturated heterocycles. The molecule has 5 heteroatoms. The number of allylic oxidation sites excluding steroid dienone is 3. The van der Waals surface area contributed by atoms with E-state index in [0.717, 1.165) is 11.3 Å². The molecule has 0 aliphatic heterocycles. The highest BCUT2D eigenvalue weighted by Crippen LogP contribution is 2.40. The fraction of sp³-hybridized carbons (Fsp3) is 0.607. The topological polar surface area (TPSA) is 51.5 Å². The van der Waals surface area contributed by atoms with E-state index in [9.17, 15) is 5.26 Å². The Morgan fingerprint density at radius 1 is 1.03 bits per heavy atom. The minimum atomic E-state index is -2.07. The third-order valence-corrected chi connectivity index (χ3v) is 11.3. The van der Waals surface area contributed by atoms with E-state index in [2.05, 4.69) is 65.9 Å². The van der Waals surface area contributed by atoms with Crippen LogP contribution in [0.5, 0.6) is 5.75 Å². The summed E-state index contributed by atoms with van der Waals surface area (Å²) in [5.74, 6) is 0.799. The number of nitriles is 1. The molecular formula is C28H45NO3Si. The number of hydrogen-bond acceptors (Lipinski definition) is 4. The molecule has 0 spiro atoms. The summed E-state index contributed by atoms with van der Waals surface area (Å²) in [7, 11) is -0.401.